The van der Waals surface area contributed by atoms with Gasteiger partial charge in [-0.1, -0.05) is 115 Å². The minimum Gasteiger partial charge on any atom is -0.387 e. The molecule has 0 aliphatic heterocycles. The maximum Gasteiger partial charge on any atom is 0.121 e. The molecular weight excluding hydrogens is 464 g/mol. The van der Waals surface area contributed by atoms with Crippen LogP contribution in [0.15, 0.2) is 128 Å². The summed E-state index contributed by atoms with van der Waals surface area (Å²) in [5.41, 5.74) is 4.60. The van der Waals surface area contributed by atoms with E-state index in [2.05, 4.69) is 83.4 Å². The summed E-state index contributed by atoms with van der Waals surface area (Å²) in [6.07, 6.45) is 5.53. The number of hydrogen-bond donors (Lipinski definition) is 1. The summed E-state index contributed by atoms with van der Waals surface area (Å²) in [6.45, 7) is 0. The van der Waals surface area contributed by atoms with Gasteiger partial charge in [-0.3, -0.25) is 0 Å². The predicted molar refractivity (Wildman–Crippen MR) is 146 cm³/mol. The smallest absolute Gasteiger partial charge is 0.121 e. The standard InChI is InChI=1S/C32H29ClN2O/c33-29-20-10-12-25(22-29)13-11-21-31(36)30-23-35(24-34-30)32(26-14-4-1-5-15-26,27-16-6-2-7-17-27)28-18-8-3-9-19-28/h1-10,12,14-20,22-24,31,36H,11,13,21H2. The number of benzene rings is 4. The molecule has 4 aromatic carbocycles. The number of nitrogens with zero attached hydrogens (tertiary/aromatic N) is 2. The van der Waals surface area contributed by atoms with Crippen LogP contribution in [0, 0.1) is 0 Å². The summed E-state index contributed by atoms with van der Waals surface area (Å²) >= 11 is 6.12. The van der Waals surface area contributed by atoms with Crippen LogP contribution in [0.5, 0.6) is 0 Å². The molecule has 1 heterocycles. The van der Waals surface area contributed by atoms with E-state index in [1.807, 2.05) is 48.9 Å². The summed E-state index contributed by atoms with van der Waals surface area (Å²) in [5, 5.41) is 11.8. The molecule has 36 heavy (non-hydrogen) atoms. The molecule has 4 heteroatoms. The van der Waals surface area contributed by atoms with E-state index in [0.717, 1.165) is 34.6 Å². The molecule has 1 N–H and O–H groups in total. The monoisotopic (exact) mass is 492 g/mol. The highest BCUT2D eigenvalue weighted by Crippen LogP contribution is 2.41. The molecule has 0 aliphatic carbocycles. The fraction of sp³-hybridized carbons (Fsp3) is 0.156. The highest BCUT2D eigenvalue weighted by atomic mass is 35.5. The lowest BCUT2D eigenvalue weighted by Gasteiger charge is -2.37. The van der Waals surface area contributed by atoms with Crippen molar-refractivity contribution >= 4 is 11.6 Å². The minimum absolute atomic E-state index is 0.624. The summed E-state index contributed by atoms with van der Waals surface area (Å²) in [4.78, 5) is 4.69. The van der Waals surface area contributed by atoms with Gasteiger partial charge in [-0.2, -0.15) is 0 Å². The zero-order valence-electron chi connectivity index (χ0n) is 20.0. The van der Waals surface area contributed by atoms with Gasteiger partial charge in [-0.05, 0) is 53.6 Å². The number of halogens is 1. The Bertz CT molecular complexity index is 1290. The molecule has 0 saturated heterocycles. The minimum atomic E-state index is -0.648. The molecule has 5 aromatic rings. The van der Waals surface area contributed by atoms with Gasteiger partial charge in [0.1, 0.15) is 5.54 Å². The third-order valence-corrected chi connectivity index (χ3v) is 6.97. The van der Waals surface area contributed by atoms with Crippen molar-refractivity contribution in [3.05, 3.63) is 161 Å². The number of rotatable bonds is 9. The zero-order chi connectivity index (χ0) is 24.8. The molecule has 0 bridgehead atoms. The summed E-state index contributed by atoms with van der Waals surface area (Å²) in [5.74, 6) is 0. The second-order valence-electron chi connectivity index (χ2n) is 9.05. The van der Waals surface area contributed by atoms with Crippen LogP contribution >= 0.6 is 11.6 Å². The Morgan fingerprint density at radius 1 is 0.750 bits per heavy atom. The van der Waals surface area contributed by atoms with E-state index in [1.54, 1.807) is 0 Å². The van der Waals surface area contributed by atoms with Crippen molar-refractivity contribution in [2.75, 3.05) is 0 Å². The number of aromatic nitrogens is 2. The maximum atomic E-state index is 11.0. The van der Waals surface area contributed by atoms with Crippen LogP contribution in [0.2, 0.25) is 5.02 Å². The van der Waals surface area contributed by atoms with E-state index in [9.17, 15) is 5.11 Å². The summed E-state index contributed by atoms with van der Waals surface area (Å²) < 4.78 is 2.14. The van der Waals surface area contributed by atoms with Crippen LogP contribution in [0.4, 0.5) is 0 Å². The summed E-state index contributed by atoms with van der Waals surface area (Å²) in [7, 11) is 0. The van der Waals surface area contributed by atoms with E-state index in [0.29, 0.717) is 12.1 Å². The Balaban J connectivity index is 1.51. The molecule has 1 unspecified atom stereocenters. The Labute approximate surface area is 217 Å². The molecule has 0 amide bonds. The third-order valence-electron chi connectivity index (χ3n) is 6.74. The van der Waals surface area contributed by atoms with Crippen molar-refractivity contribution in [2.24, 2.45) is 0 Å². The van der Waals surface area contributed by atoms with Crippen molar-refractivity contribution in [1.29, 1.82) is 0 Å². The van der Waals surface area contributed by atoms with Gasteiger partial charge in [0, 0.05) is 11.2 Å². The molecule has 0 saturated carbocycles. The lowest BCUT2D eigenvalue weighted by Crippen LogP contribution is -2.37. The SMILES string of the molecule is OC(CCCc1cccc(Cl)c1)c1cn(C(c2ccccc2)(c2ccccc2)c2ccccc2)cn1. The molecule has 0 aliphatic rings. The quantitative estimate of drug-likeness (QED) is 0.217. The average Bonchev–Trinajstić information content (AvgIpc) is 3.42. The molecule has 180 valence electrons. The van der Waals surface area contributed by atoms with Gasteiger partial charge in [0.05, 0.1) is 18.1 Å². The normalized spacial score (nSPS) is 12.4. The van der Waals surface area contributed by atoms with Gasteiger partial charge in [0.2, 0.25) is 0 Å². The van der Waals surface area contributed by atoms with E-state index in [-0.39, 0.29) is 0 Å². The van der Waals surface area contributed by atoms with E-state index in [4.69, 9.17) is 16.6 Å². The van der Waals surface area contributed by atoms with Crippen LogP contribution in [0.1, 0.15) is 46.9 Å². The Morgan fingerprint density at radius 2 is 1.31 bits per heavy atom. The highest BCUT2D eigenvalue weighted by Gasteiger charge is 2.38. The number of hydrogen-bond acceptors (Lipinski definition) is 2. The lowest BCUT2D eigenvalue weighted by atomic mass is 9.77. The Kier molecular flexibility index (Phi) is 7.31. The van der Waals surface area contributed by atoms with E-state index >= 15 is 0 Å². The van der Waals surface area contributed by atoms with Crippen molar-refractivity contribution < 1.29 is 5.11 Å². The number of aliphatic hydroxyl groups excluding tert-OH is 1. The largest absolute Gasteiger partial charge is 0.387 e. The molecule has 0 spiro atoms. The molecule has 3 nitrogen and oxygen atoms in total. The first kappa shape index (κ1) is 24.1. The van der Waals surface area contributed by atoms with Crippen LogP contribution in [0.25, 0.3) is 0 Å². The first-order chi connectivity index (χ1) is 17.7. The first-order valence-corrected chi connectivity index (χ1v) is 12.7. The van der Waals surface area contributed by atoms with Gasteiger partial charge in [0.25, 0.3) is 0 Å². The van der Waals surface area contributed by atoms with Crippen LogP contribution in [0.3, 0.4) is 0 Å². The van der Waals surface area contributed by atoms with Gasteiger partial charge in [-0.25, -0.2) is 4.98 Å². The van der Waals surface area contributed by atoms with Gasteiger partial charge in [-0.15, -0.1) is 0 Å². The van der Waals surface area contributed by atoms with Crippen molar-refractivity contribution in [3.8, 4) is 0 Å². The van der Waals surface area contributed by atoms with Gasteiger partial charge in [0.15, 0.2) is 0 Å². The molecule has 1 atom stereocenters. The Morgan fingerprint density at radius 3 is 1.83 bits per heavy atom. The van der Waals surface area contributed by atoms with Crippen molar-refractivity contribution in [1.82, 2.24) is 9.55 Å². The van der Waals surface area contributed by atoms with Crippen LogP contribution < -0.4 is 0 Å². The van der Waals surface area contributed by atoms with Crippen LogP contribution in [-0.4, -0.2) is 14.7 Å². The fourth-order valence-electron chi connectivity index (χ4n) is 5.02. The maximum absolute atomic E-state index is 11.0. The Hall–Kier alpha value is -3.66. The second kappa shape index (κ2) is 10.9. The van der Waals surface area contributed by atoms with E-state index in [1.165, 1.54) is 5.56 Å². The number of aliphatic hydroxyl groups is 1. The van der Waals surface area contributed by atoms with Gasteiger partial charge >= 0.3 is 0 Å². The molecular formula is C32H29ClN2O. The fourth-order valence-corrected chi connectivity index (χ4v) is 5.23. The molecule has 1 aromatic heterocycles. The predicted octanol–water partition coefficient (Wildman–Crippen LogP) is 7.43. The topological polar surface area (TPSA) is 38.0 Å². The molecule has 0 radical (unpaired) electrons. The van der Waals surface area contributed by atoms with Crippen LogP contribution in [-0.2, 0) is 12.0 Å². The molecule has 5 rings (SSSR count). The summed E-state index contributed by atoms with van der Waals surface area (Å²) in [6, 6.07) is 39.3. The third kappa shape index (κ3) is 4.86. The van der Waals surface area contributed by atoms with Crippen molar-refractivity contribution in [2.45, 2.75) is 30.9 Å². The lowest BCUT2D eigenvalue weighted by molar-refractivity contribution is 0.160. The van der Waals surface area contributed by atoms with Gasteiger partial charge < -0.3 is 9.67 Å². The average molecular weight is 493 g/mol. The zero-order valence-corrected chi connectivity index (χ0v) is 20.8. The van der Waals surface area contributed by atoms with Crippen molar-refractivity contribution in [3.63, 3.8) is 0 Å². The highest BCUT2D eigenvalue weighted by molar-refractivity contribution is 6.30. The first-order valence-electron chi connectivity index (χ1n) is 12.3. The number of aryl methyl sites for hydroxylation is 1. The number of imidazole rings is 1. The second-order valence-corrected chi connectivity index (χ2v) is 9.49. The van der Waals surface area contributed by atoms with E-state index < -0.39 is 11.6 Å². The molecule has 0 fully saturated rings.